The Balaban J connectivity index is 2.66. The van der Waals surface area contributed by atoms with Crippen LogP contribution in [0.4, 0.5) is 0 Å². The van der Waals surface area contributed by atoms with E-state index < -0.39 is 12.0 Å². The molecule has 0 saturated heterocycles. The number of hydrogen-bond acceptors (Lipinski definition) is 3. The van der Waals surface area contributed by atoms with E-state index in [2.05, 4.69) is 10.1 Å². The molecule has 1 amide bonds. The van der Waals surface area contributed by atoms with Crippen molar-refractivity contribution in [2.75, 3.05) is 7.11 Å². The first-order valence-electron chi connectivity index (χ1n) is 6.26. The van der Waals surface area contributed by atoms with Crippen molar-refractivity contribution in [3.05, 3.63) is 40.9 Å². The van der Waals surface area contributed by atoms with Gasteiger partial charge in [-0.15, -0.1) is 0 Å². The highest BCUT2D eigenvalue weighted by molar-refractivity contribution is 6.30. The molecule has 1 atom stereocenters. The van der Waals surface area contributed by atoms with E-state index in [-0.39, 0.29) is 11.8 Å². The minimum atomic E-state index is -0.651. The molecule has 1 aromatic rings. The maximum atomic E-state index is 11.8. The van der Waals surface area contributed by atoms with Gasteiger partial charge in [-0.2, -0.15) is 0 Å². The van der Waals surface area contributed by atoms with Gasteiger partial charge >= 0.3 is 5.97 Å². The number of hydrogen-bond donors (Lipinski definition) is 1. The zero-order valence-electron chi connectivity index (χ0n) is 11.7. The standard InChI is InChI=1S/C15H18ClNO3/c1-10(2)14(15(19)20-3)17-13(18)9-6-11-4-7-12(16)8-5-11/h4-10,14H,1-3H3,(H,17,18)/b9-6+/t14-/m0/s1. The van der Waals surface area contributed by atoms with Crippen LogP contribution in [0.3, 0.4) is 0 Å². The van der Waals surface area contributed by atoms with Crippen molar-refractivity contribution in [2.24, 2.45) is 5.92 Å². The van der Waals surface area contributed by atoms with Crippen LogP contribution in [0.15, 0.2) is 30.3 Å². The summed E-state index contributed by atoms with van der Waals surface area (Å²) in [6, 6.07) is 6.43. The molecule has 4 nitrogen and oxygen atoms in total. The van der Waals surface area contributed by atoms with E-state index in [1.807, 2.05) is 13.8 Å². The molecule has 0 unspecified atom stereocenters. The van der Waals surface area contributed by atoms with Gasteiger partial charge in [-0.3, -0.25) is 4.79 Å². The number of nitrogens with one attached hydrogen (secondary N) is 1. The van der Waals surface area contributed by atoms with Crippen LogP contribution in [0.1, 0.15) is 19.4 Å². The van der Waals surface area contributed by atoms with Crippen molar-refractivity contribution >= 4 is 29.6 Å². The Hall–Kier alpha value is -1.81. The van der Waals surface area contributed by atoms with Gasteiger partial charge in [0.2, 0.25) is 5.91 Å². The third-order valence-corrected chi connectivity index (χ3v) is 2.97. The lowest BCUT2D eigenvalue weighted by Crippen LogP contribution is -2.44. The minimum absolute atomic E-state index is 0.0460. The molecule has 0 spiro atoms. The van der Waals surface area contributed by atoms with Crippen molar-refractivity contribution in [3.8, 4) is 0 Å². The molecule has 5 heteroatoms. The Morgan fingerprint density at radius 1 is 1.25 bits per heavy atom. The van der Waals surface area contributed by atoms with Gasteiger partial charge in [0.05, 0.1) is 7.11 Å². The molecule has 0 radical (unpaired) electrons. The Bertz CT molecular complexity index is 494. The first kappa shape index (κ1) is 16.2. The highest BCUT2D eigenvalue weighted by atomic mass is 35.5. The Kier molecular flexibility index (Phi) is 6.25. The SMILES string of the molecule is COC(=O)[C@@H](NC(=O)/C=C/c1ccc(Cl)cc1)C(C)C. The molecule has 0 aromatic heterocycles. The number of halogens is 1. The van der Waals surface area contributed by atoms with Crippen LogP contribution in [0, 0.1) is 5.92 Å². The zero-order valence-corrected chi connectivity index (χ0v) is 12.5. The maximum Gasteiger partial charge on any atom is 0.328 e. The highest BCUT2D eigenvalue weighted by Crippen LogP contribution is 2.10. The topological polar surface area (TPSA) is 55.4 Å². The number of esters is 1. The molecule has 0 bridgehead atoms. The molecule has 108 valence electrons. The Morgan fingerprint density at radius 2 is 1.85 bits per heavy atom. The van der Waals surface area contributed by atoms with Crippen LogP contribution in [-0.4, -0.2) is 25.0 Å². The number of rotatable bonds is 5. The number of methoxy groups -OCH3 is 1. The van der Waals surface area contributed by atoms with E-state index in [0.29, 0.717) is 5.02 Å². The molecule has 0 heterocycles. The molecule has 20 heavy (non-hydrogen) atoms. The Labute approximate surface area is 123 Å². The second-order valence-electron chi connectivity index (χ2n) is 4.64. The Morgan fingerprint density at radius 3 is 2.35 bits per heavy atom. The van der Waals surface area contributed by atoms with Crippen LogP contribution in [0.25, 0.3) is 6.08 Å². The van der Waals surface area contributed by atoms with Crippen LogP contribution >= 0.6 is 11.6 Å². The van der Waals surface area contributed by atoms with E-state index in [9.17, 15) is 9.59 Å². The number of ether oxygens (including phenoxy) is 1. The van der Waals surface area contributed by atoms with Gasteiger partial charge in [-0.05, 0) is 29.7 Å². The van der Waals surface area contributed by atoms with Crippen molar-refractivity contribution in [1.29, 1.82) is 0 Å². The van der Waals surface area contributed by atoms with Gasteiger partial charge in [0.1, 0.15) is 6.04 Å². The smallest absolute Gasteiger partial charge is 0.328 e. The zero-order chi connectivity index (χ0) is 15.1. The lowest BCUT2D eigenvalue weighted by Gasteiger charge is -2.18. The molecule has 0 saturated carbocycles. The first-order valence-corrected chi connectivity index (χ1v) is 6.64. The van der Waals surface area contributed by atoms with Crippen molar-refractivity contribution in [1.82, 2.24) is 5.32 Å². The lowest BCUT2D eigenvalue weighted by atomic mass is 10.0. The molecular formula is C15H18ClNO3. The van der Waals surface area contributed by atoms with Gasteiger partial charge in [-0.25, -0.2) is 4.79 Å². The van der Waals surface area contributed by atoms with Crippen LogP contribution in [0.5, 0.6) is 0 Å². The average Bonchev–Trinajstić information content (AvgIpc) is 2.43. The summed E-state index contributed by atoms with van der Waals surface area (Å²) in [7, 11) is 1.30. The molecule has 0 fully saturated rings. The summed E-state index contributed by atoms with van der Waals surface area (Å²) in [6.07, 6.45) is 3.03. The predicted octanol–water partition coefficient (Wildman–Crippen LogP) is 2.67. The number of benzene rings is 1. The minimum Gasteiger partial charge on any atom is -0.467 e. The maximum absolute atomic E-state index is 11.8. The average molecular weight is 296 g/mol. The van der Waals surface area contributed by atoms with Gasteiger partial charge in [0.25, 0.3) is 0 Å². The highest BCUT2D eigenvalue weighted by Gasteiger charge is 2.23. The second kappa shape index (κ2) is 7.70. The van der Waals surface area contributed by atoms with E-state index in [1.165, 1.54) is 13.2 Å². The third kappa shape index (κ3) is 5.05. The summed E-state index contributed by atoms with van der Waals surface area (Å²) < 4.78 is 4.66. The number of amides is 1. The van der Waals surface area contributed by atoms with E-state index in [0.717, 1.165) is 5.56 Å². The third-order valence-electron chi connectivity index (χ3n) is 2.72. The van der Waals surface area contributed by atoms with Gasteiger partial charge in [0, 0.05) is 11.1 Å². The fraction of sp³-hybridized carbons (Fsp3) is 0.333. The van der Waals surface area contributed by atoms with Gasteiger partial charge < -0.3 is 10.1 Å². The van der Waals surface area contributed by atoms with Crippen molar-refractivity contribution < 1.29 is 14.3 Å². The molecule has 0 aliphatic carbocycles. The van der Waals surface area contributed by atoms with E-state index in [1.54, 1.807) is 30.3 Å². The summed E-state index contributed by atoms with van der Waals surface area (Å²) in [4.78, 5) is 23.3. The molecule has 1 N–H and O–H groups in total. The van der Waals surface area contributed by atoms with E-state index >= 15 is 0 Å². The monoisotopic (exact) mass is 295 g/mol. The van der Waals surface area contributed by atoms with E-state index in [4.69, 9.17) is 11.6 Å². The predicted molar refractivity (Wildman–Crippen MR) is 79.3 cm³/mol. The number of carbonyl (C=O) groups is 2. The summed E-state index contributed by atoms with van der Waals surface area (Å²) in [5, 5.41) is 3.26. The molecule has 1 rings (SSSR count). The second-order valence-corrected chi connectivity index (χ2v) is 5.07. The summed E-state index contributed by atoms with van der Waals surface area (Å²) >= 11 is 5.77. The van der Waals surface area contributed by atoms with Gasteiger partial charge in [-0.1, -0.05) is 37.6 Å². The summed E-state index contributed by atoms with van der Waals surface area (Å²) in [6.45, 7) is 3.68. The first-order chi connectivity index (χ1) is 9.43. The number of carbonyl (C=O) groups excluding carboxylic acids is 2. The van der Waals surface area contributed by atoms with Crippen molar-refractivity contribution in [2.45, 2.75) is 19.9 Å². The molecule has 0 aliphatic heterocycles. The van der Waals surface area contributed by atoms with Crippen LogP contribution in [-0.2, 0) is 14.3 Å². The quantitative estimate of drug-likeness (QED) is 0.671. The molecular weight excluding hydrogens is 278 g/mol. The lowest BCUT2D eigenvalue weighted by molar-refractivity contribution is -0.145. The van der Waals surface area contributed by atoms with Crippen molar-refractivity contribution in [3.63, 3.8) is 0 Å². The van der Waals surface area contributed by atoms with Crippen LogP contribution in [0.2, 0.25) is 5.02 Å². The van der Waals surface area contributed by atoms with Gasteiger partial charge in [0.15, 0.2) is 0 Å². The normalized spacial score (nSPS) is 12.4. The summed E-state index contributed by atoms with van der Waals surface area (Å²) in [5.41, 5.74) is 0.851. The molecule has 0 aliphatic rings. The fourth-order valence-electron chi connectivity index (χ4n) is 1.57. The summed E-state index contributed by atoms with van der Waals surface area (Å²) in [5.74, 6) is -0.840. The fourth-order valence-corrected chi connectivity index (χ4v) is 1.70. The van der Waals surface area contributed by atoms with Crippen LogP contribution < -0.4 is 5.32 Å². The largest absolute Gasteiger partial charge is 0.467 e. The molecule has 1 aromatic carbocycles.